The summed E-state index contributed by atoms with van der Waals surface area (Å²) in [6, 6.07) is 11.6. The summed E-state index contributed by atoms with van der Waals surface area (Å²) in [5.74, 6) is 2.24. The van der Waals surface area contributed by atoms with Gasteiger partial charge in [0.1, 0.15) is 0 Å². The Morgan fingerprint density at radius 1 is 1.32 bits per heavy atom. The number of hydrogen-bond acceptors (Lipinski definition) is 2. The van der Waals surface area contributed by atoms with Crippen LogP contribution in [0.1, 0.15) is 38.2 Å². The molecule has 2 nitrogen and oxygen atoms in total. The summed E-state index contributed by atoms with van der Waals surface area (Å²) in [5.41, 5.74) is 1.51. The van der Waals surface area contributed by atoms with Crippen molar-refractivity contribution in [3.05, 3.63) is 35.9 Å². The van der Waals surface area contributed by atoms with Crippen LogP contribution in [0.2, 0.25) is 0 Å². The lowest BCUT2D eigenvalue weighted by atomic mass is 9.92. The molecule has 2 heteroatoms. The van der Waals surface area contributed by atoms with Crippen molar-refractivity contribution in [1.29, 1.82) is 0 Å². The molecule has 1 N–H and O–H groups in total. The minimum absolute atomic E-state index is 0.630. The van der Waals surface area contributed by atoms with Crippen molar-refractivity contribution in [2.45, 2.75) is 38.6 Å². The number of hydrogen-bond donors (Lipinski definition) is 1. The molecule has 0 aromatic heterocycles. The fraction of sp³-hybridized carbons (Fsp3) is 0.647. The molecule has 0 aliphatic heterocycles. The summed E-state index contributed by atoms with van der Waals surface area (Å²) < 4.78 is 5.22. The molecule has 19 heavy (non-hydrogen) atoms. The molecule has 1 aliphatic rings. The second-order valence-corrected chi connectivity index (χ2v) is 5.76. The van der Waals surface area contributed by atoms with E-state index < -0.39 is 0 Å². The van der Waals surface area contributed by atoms with Crippen LogP contribution in [0.15, 0.2) is 30.3 Å². The molecular formula is C17H27NO. The van der Waals surface area contributed by atoms with Gasteiger partial charge < -0.3 is 10.1 Å². The van der Waals surface area contributed by atoms with Crippen LogP contribution in [0.25, 0.3) is 0 Å². The quantitative estimate of drug-likeness (QED) is 0.774. The van der Waals surface area contributed by atoms with Gasteiger partial charge in [0, 0.05) is 19.8 Å². The molecule has 106 valence electrons. The van der Waals surface area contributed by atoms with E-state index >= 15 is 0 Å². The second-order valence-electron chi connectivity index (χ2n) is 5.76. The Morgan fingerprint density at radius 2 is 2.05 bits per heavy atom. The summed E-state index contributed by atoms with van der Waals surface area (Å²) in [6.45, 7) is 6.48. The van der Waals surface area contributed by atoms with Gasteiger partial charge in [0.05, 0.1) is 0 Å². The van der Waals surface area contributed by atoms with Crippen LogP contribution in [0, 0.1) is 11.8 Å². The number of nitrogens with one attached hydrogen (secondary N) is 1. The molecule has 1 aliphatic carbocycles. The van der Waals surface area contributed by atoms with Crippen molar-refractivity contribution in [3.63, 3.8) is 0 Å². The molecule has 0 heterocycles. The third-order valence-electron chi connectivity index (χ3n) is 4.36. The number of rotatable bonds is 8. The van der Waals surface area contributed by atoms with Crippen molar-refractivity contribution in [3.8, 4) is 0 Å². The number of methoxy groups -OCH3 is 1. The first-order valence-corrected chi connectivity index (χ1v) is 7.55. The molecule has 0 saturated heterocycles. The SMILES string of the molecule is CCNC(C(C)CCOC)C1CC1c1ccccc1. The first-order chi connectivity index (χ1) is 9.27. The predicted octanol–water partition coefficient (Wildman–Crippen LogP) is 3.44. The Balaban J connectivity index is 1.94. The predicted molar refractivity (Wildman–Crippen MR) is 80.4 cm³/mol. The van der Waals surface area contributed by atoms with Crippen molar-refractivity contribution in [2.24, 2.45) is 11.8 Å². The van der Waals surface area contributed by atoms with E-state index in [0.29, 0.717) is 12.0 Å². The van der Waals surface area contributed by atoms with Crippen molar-refractivity contribution in [2.75, 3.05) is 20.3 Å². The molecule has 1 aromatic rings. The second kappa shape index (κ2) is 7.06. The van der Waals surface area contributed by atoms with E-state index in [-0.39, 0.29) is 0 Å². The largest absolute Gasteiger partial charge is 0.385 e. The first kappa shape index (κ1) is 14.5. The van der Waals surface area contributed by atoms with Gasteiger partial charge in [-0.25, -0.2) is 0 Å². The Labute approximate surface area is 117 Å². The van der Waals surface area contributed by atoms with Gasteiger partial charge in [0.2, 0.25) is 0 Å². The number of ether oxygens (including phenoxy) is 1. The molecule has 1 saturated carbocycles. The highest BCUT2D eigenvalue weighted by Crippen LogP contribution is 2.51. The standard InChI is InChI=1S/C17H27NO/c1-4-18-17(13(2)10-11-19-3)16-12-15(16)14-8-6-5-7-9-14/h5-9,13,15-18H,4,10-12H2,1-3H3. The lowest BCUT2D eigenvalue weighted by Gasteiger charge is -2.25. The summed E-state index contributed by atoms with van der Waals surface area (Å²) in [4.78, 5) is 0. The maximum Gasteiger partial charge on any atom is 0.0465 e. The Hall–Kier alpha value is -0.860. The molecule has 2 rings (SSSR count). The van der Waals surface area contributed by atoms with Crippen LogP contribution in [0.3, 0.4) is 0 Å². The fourth-order valence-electron chi connectivity index (χ4n) is 3.19. The van der Waals surface area contributed by atoms with Gasteiger partial charge in [-0.1, -0.05) is 44.2 Å². The van der Waals surface area contributed by atoms with E-state index in [1.807, 2.05) is 0 Å². The Kier molecular flexibility index (Phi) is 5.41. The molecule has 1 aromatic carbocycles. The highest BCUT2D eigenvalue weighted by Gasteiger charge is 2.44. The first-order valence-electron chi connectivity index (χ1n) is 7.55. The zero-order valence-electron chi connectivity index (χ0n) is 12.4. The maximum atomic E-state index is 5.22. The summed E-state index contributed by atoms with van der Waals surface area (Å²) in [7, 11) is 1.79. The van der Waals surface area contributed by atoms with Crippen molar-refractivity contribution in [1.82, 2.24) is 5.32 Å². The third-order valence-corrected chi connectivity index (χ3v) is 4.36. The highest BCUT2D eigenvalue weighted by atomic mass is 16.5. The normalized spacial score (nSPS) is 25.0. The number of benzene rings is 1. The zero-order valence-corrected chi connectivity index (χ0v) is 12.4. The molecule has 0 amide bonds. The molecule has 1 fully saturated rings. The zero-order chi connectivity index (χ0) is 13.7. The monoisotopic (exact) mass is 261 g/mol. The minimum Gasteiger partial charge on any atom is -0.385 e. The van der Waals surface area contributed by atoms with Gasteiger partial charge in [-0.15, -0.1) is 0 Å². The van der Waals surface area contributed by atoms with Crippen LogP contribution >= 0.6 is 0 Å². The highest BCUT2D eigenvalue weighted by molar-refractivity contribution is 5.26. The minimum atomic E-state index is 0.630. The fourth-order valence-corrected chi connectivity index (χ4v) is 3.19. The van der Waals surface area contributed by atoms with Crippen molar-refractivity contribution >= 4 is 0 Å². The summed E-state index contributed by atoms with van der Waals surface area (Å²) in [5, 5.41) is 3.70. The Bertz CT molecular complexity index is 365. The van der Waals surface area contributed by atoms with Crippen LogP contribution in [-0.2, 0) is 4.74 Å². The van der Waals surface area contributed by atoms with Gasteiger partial charge in [-0.05, 0) is 42.7 Å². The van der Waals surface area contributed by atoms with E-state index in [1.165, 1.54) is 12.0 Å². The average molecular weight is 261 g/mol. The maximum absolute atomic E-state index is 5.22. The third kappa shape index (κ3) is 3.80. The molecule has 4 atom stereocenters. The molecule has 0 spiro atoms. The van der Waals surface area contributed by atoms with Gasteiger partial charge >= 0.3 is 0 Å². The van der Waals surface area contributed by atoms with Gasteiger partial charge in [0.15, 0.2) is 0 Å². The van der Waals surface area contributed by atoms with E-state index in [9.17, 15) is 0 Å². The van der Waals surface area contributed by atoms with Crippen molar-refractivity contribution < 1.29 is 4.74 Å². The van der Waals surface area contributed by atoms with E-state index in [0.717, 1.165) is 31.4 Å². The smallest absolute Gasteiger partial charge is 0.0465 e. The lowest BCUT2D eigenvalue weighted by molar-refractivity contribution is 0.166. The van der Waals surface area contributed by atoms with E-state index in [1.54, 1.807) is 7.11 Å². The van der Waals surface area contributed by atoms with Crippen LogP contribution in [0.4, 0.5) is 0 Å². The van der Waals surface area contributed by atoms with Crippen LogP contribution in [0.5, 0.6) is 0 Å². The molecular weight excluding hydrogens is 234 g/mol. The van der Waals surface area contributed by atoms with Gasteiger partial charge in [0.25, 0.3) is 0 Å². The van der Waals surface area contributed by atoms with E-state index in [4.69, 9.17) is 4.74 Å². The Morgan fingerprint density at radius 3 is 2.68 bits per heavy atom. The molecule has 0 bridgehead atoms. The van der Waals surface area contributed by atoms with E-state index in [2.05, 4.69) is 49.5 Å². The van der Waals surface area contributed by atoms with Crippen LogP contribution in [-0.4, -0.2) is 26.3 Å². The van der Waals surface area contributed by atoms with Gasteiger partial charge in [-0.3, -0.25) is 0 Å². The summed E-state index contributed by atoms with van der Waals surface area (Å²) >= 11 is 0. The summed E-state index contributed by atoms with van der Waals surface area (Å²) in [6.07, 6.45) is 2.48. The van der Waals surface area contributed by atoms with Crippen LogP contribution < -0.4 is 5.32 Å². The topological polar surface area (TPSA) is 21.3 Å². The lowest BCUT2D eigenvalue weighted by Crippen LogP contribution is -2.37. The molecule has 4 unspecified atom stereocenters. The van der Waals surface area contributed by atoms with Gasteiger partial charge in [-0.2, -0.15) is 0 Å². The molecule has 0 radical (unpaired) electrons. The average Bonchev–Trinajstić information content (AvgIpc) is 3.23.